The van der Waals surface area contributed by atoms with Crippen molar-refractivity contribution in [1.29, 1.82) is 0 Å². The van der Waals surface area contributed by atoms with Crippen LogP contribution < -0.4 is 0 Å². The Labute approximate surface area is 113 Å². The first-order valence-electron chi connectivity index (χ1n) is 7.36. The lowest BCUT2D eigenvalue weighted by Crippen LogP contribution is -2.34. The van der Waals surface area contributed by atoms with Gasteiger partial charge in [0.1, 0.15) is 6.10 Å². The Kier molecular flexibility index (Phi) is 3.33. The third-order valence-electron chi connectivity index (χ3n) is 4.47. The fourth-order valence-electron chi connectivity index (χ4n) is 3.49. The molecule has 1 unspecified atom stereocenters. The molecule has 1 fully saturated rings. The second kappa shape index (κ2) is 4.99. The van der Waals surface area contributed by atoms with Crippen molar-refractivity contribution in [3.05, 3.63) is 11.1 Å². The SMILES string of the molecule is C[C@H]1CC(=O)N2CCCC3=C(C1)C(=O)OC3CCC2. The molecule has 0 aromatic carbocycles. The zero-order chi connectivity index (χ0) is 13.4. The van der Waals surface area contributed by atoms with E-state index in [0.29, 0.717) is 12.8 Å². The molecule has 19 heavy (non-hydrogen) atoms. The highest BCUT2D eigenvalue weighted by Crippen LogP contribution is 2.35. The molecule has 0 saturated carbocycles. The van der Waals surface area contributed by atoms with Crippen LogP contribution in [-0.2, 0) is 14.3 Å². The highest BCUT2D eigenvalue weighted by Gasteiger charge is 2.36. The van der Waals surface area contributed by atoms with Crippen LogP contribution in [0.15, 0.2) is 11.1 Å². The second-order valence-electron chi connectivity index (χ2n) is 6.04. The van der Waals surface area contributed by atoms with Crippen molar-refractivity contribution in [2.24, 2.45) is 5.92 Å². The van der Waals surface area contributed by atoms with Crippen molar-refractivity contribution in [3.63, 3.8) is 0 Å². The van der Waals surface area contributed by atoms with Gasteiger partial charge in [0.25, 0.3) is 0 Å². The number of amides is 1. The Bertz CT molecular complexity index is 441. The van der Waals surface area contributed by atoms with E-state index in [1.807, 2.05) is 4.90 Å². The standard InChI is InChI=1S/C15H21NO3/c1-10-8-12-11-4-2-6-16(14(17)9-10)7-3-5-13(11)19-15(12)18/h10,13H,2-9H2,1H3/t10-,13?/m1/s1. The van der Waals surface area contributed by atoms with E-state index in [4.69, 9.17) is 4.74 Å². The van der Waals surface area contributed by atoms with Crippen LogP contribution in [0.1, 0.15) is 45.4 Å². The van der Waals surface area contributed by atoms with E-state index in [-0.39, 0.29) is 23.9 Å². The maximum atomic E-state index is 12.2. The van der Waals surface area contributed by atoms with Gasteiger partial charge in [0, 0.05) is 25.1 Å². The van der Waals surface area contributed by atoms with Crippen LogP contribution in [0.5, 0.6) is 0 Å². The first-order chi connectivity index (χ1) is 9.15. The first-order valence-corrected chi connectivity index (χ1v) is 7.36. The number of hydrogen-bond acceptors (Lipinski definition) is 3. The summed E-state index contributed by atoms with van der Waals surface area (Å²) in [5, 5.41) is 0. The average Bonchev–Trinajstić information content (AvgIpc) is 2.67. The predicted octanol–water partition coefficient (Wildman–Crippen LogP) is 2.04. The molecule has 0 aromatic heterocycles. The van der Waals surface area contributed by atoms with E-state index in [1.165, 1.54) is 5.57 Å². The van der Waals surface area contributed by atoms with Gasteiger partial charge in [-0.25, -0.2) is 4.79 Å². The van der Waals surface area contributed by atoms with Crippen molar-refractivity contribution in [2.45, 2.75) is 51.6 Å². The van der Waals surface area contributed by atoms with Gasteiger partial charge in [-0.15, -0.1) is 0 Å². The van der Waals surface area contributed by atoms with Gasteiger partial charge in [-0.05, 0) is 43.6 Å². The third kappa shape index (κ3) is 2.40. The number of hydrogen-bond donors (Lipinski definition) is 0. The van der Waals surface area contributed by atoms with Gasteiger partial charge in [-0.3, -0.25) is 4.79 Å². The summed E-state index contributed by atoms with van der Waals surface area (Å²) in [6.07, 6.45) is 4.88. The van der Waals surface area contributed by atoms with E-state index >= 15 is 0 Å². The summed E-state index contributed by atoms with van der Waals surface area (Å²) < 4.78 is 5.54. The smallest absolute Gasteiger partial charge is 0.334 e. The molecule has 0 aromatic rings. The lowest BCUT2D eigenvalue weighted by Gasteiger charge is -2.24. The van der Waals surface area contributed by atoms with E-state index in [9.17, 15) is 9.59 Å². The largest absolute Gasteiger partial charge is 0.454 e. The minimum absolute atomic E-state index is 0.0112. The lowest BCUT2D eigenvalue weighted by molar-refractivity contribution is -0.141. The van der Waals surface area contributed by atoms with Crippen LogP contribution in [0.4, 0.5) is 0 Å². The van der Waals surface area contributed by atoms with Crippen molar-refractivity contribution in [3.8, 4) is 0 Å². The number of rotatable bonds is 0. The molecule has 104 valence electrons. The third-order valence-corrected chi connectivity index (χ3v) is 4.47. The van der Waals surface area contributed by atoms with Gasteiger partial charge in [-0.1, -0.05) is 6.92 Å². The molecule has 4 nitrogen and oxygen atoms in total. The Morgan fingerprint density at radius 2 is 1.95 bits per heavy atom. The number of fused-ring (bicyclic) bond motifs is 3. The lowest BCUT2D eigenvalue weighted by atomic mass is 9.90. The van der Waals surface area contributed by atoms with E-state index < -0.39 is 0 Å². The number of nitrogens with zero attached hydrogens (tertiary/aromatic N) is 1. The Morgan fingerprint density at radius 1 is 1.16 bits per heavy atom. The molecular formula is C15H21NO3. The van der Waals surface area contributed by atoms with Crippen molar-refractivity contribution < 1.29 is 14.3 Å². The van der Waals surface area contributed by atoms with E-state index in [1.54, 1.807) is 0 Å². The van der Waals surface area contributed by atoms with Gasteiger partial charge in [0.2, 0.25) is 5.91 Å². The zero-order valence-electron chi connectivity index (χ0n) is 11.5. The summed E-state index contributed by atoms with van der Waals surface area (Å²) >= 11 is 0. The quantitative estimate of drug-likeness (QED) is 0.628. The minimum atomic E-state index is -0.127. The monoisotopic (exact) mass is 263 g/mol. The fourth-order valence-corrected chi connectivity index (χ4v) is 3.49. The minimum Gasteiger partial charge on any atom is -0.454 e. The normalized spacial score (nSPS) is 32.2. The molecule has 0 N–H and O–H groups in total. The average molecular weight is 263 g/mol. The van der Waals surface area contributed by atoms with Gasteiger partial charge in [-0.2, -0.15) is 0 Å². The van der Waals surface area contributed by atoms with Gasteiger partial charge < -0.3 is 9.64 Å². The first kappa shape index (κ1) is 12.7. The maximum absolute atomic E-state index is 12.2. The highest BCUT2D eigenvalue weighted by atomic mass is 16.5. The zero-order valence-corrected chi connectivity index (χ0v) is 11.5. The summed E-state index contributed by atoms with van der Waals surface area (Å²) in [5.41, 5.74) is 2.11. The molecule has 1 saturated heterocycles. The summed E-state index contributed by atoms with van der Waals surface area (Å²) in [7, 11) is 0. The van der Waals surface area contributed by atoms with Crippen LogP contribution >= 0.6 is 0 Å². The van der Waals surface area contributed by atoms with Gasteiger partial charge >= 0.3 is 5.97 Å². The molecule has 4 heteroatoms. The highest BCUT2D eigenvalue weighted by molar-refractivity contribution is 5.92. The molecule has 3 heterocycles. The molecular weight excluding hydrogens is 242 g/mol. The maximum Gasteiger partial charge on any atom is 0.334 e. The van der Waals surface area contributed by atoms with E-state index in [0.717, 1.165) is 44.3 Å². The summed E-state index contributed by atoms with van der Waals surface area (Å²) in [4.78, 5) is 26.3. The summed E-state index contributed by atoms with van der Waals surface area (Å²) in [6, 6.07) is 0. The van der Waals surface area contributed by atoms with Crippen LogP contribution in [0.3, 0.4) is 0 Å². The molecule has 0 spiro atoms. The second-order valence-corrected chi connectivity index (χ2v) is 6.04. The summed E-state index contributed by atoms with van der Waals surface area (Å²) in [6.45, 7) is 3.69. The van der Waals surface area contributed by atoms with Gasteiger partial charge in [0.15, 0.2) is 0 Å². The molecule has 2 bridgehead atoms. The summed E-state index contributed by atoms with van der Waals surface area (Å²) in [5.74, 6) is 0.350. The van der Waals surface area contributed by atoms with Crippen LogP contribution in [0, 0.1) is 5.92 Å². The number of esters is 1. The van der Waals surface area contributed by atoms with Crippen molar-refractivity contribution >= 4 is 11.9 Å². The number of carbonyl (C=O) groups excluding carboxylic acids is 2. The molecule has 1 amide bonds. The molecule has 0 aliphatic carbocycles. The van der Waals surface area contributed by atoms with Crippen molar-refractivity contribution in [1.82, 2.24) is 4.90 Å². The molecule has 0 radical (unpaired) electrons. The van der Waals surface area contributed by atoms with Crippen LogP contribution in [-0.4, -0.2) is 36.0 Å². The van der Waals surface area contributed by atoms with Crippen LogP contribution in [0.25, 0.3) is 0 Å². The number of carbonyl (C=O) groups is 2. The Balaban J connectivity index is 1.97. The Morgan fingerprint density at radius 3 is 2.79 bits per heavy atom. The molecule has 3 rings (SSSR count). The Hall–Kier alpha value is -1.32. The topological polar surface area (TPSA) is 46.6 Å². The fraction of sp³-hybridized carbons (Fsp3) is 0.733. The van der Waals surface area contributed by atoms with Crippen molar-refractivity contribution in [2.75, 3.05) is 13.1 Å². The molecule has 3 aliphatic heterocycles. The van der Waals surface area contributed by atoms with Gasteiger partial charge in [0.05, 0.1) is 0 Å². The molecule has 3 aliphatic rings. The van der Waals surface area contributed by atoms with Crippen LogP contribution in [0.2, 0.25) is 0 Å². The molecule has 2 atom stereocenters. The van der Waals surface area contributed by atoms with E-state index in [2.05, 4.69) is 6.92 Å². The predicted molar refractivity (Wildman–Crippen MR) is 70.4 cm³/mol. The number of ether oxygens (including phenoxy) is 1.